The monoisotopic (exact) mass is 579 g/mol. The normalized spacial score (nSPS) is 11.3. The van der Waals surface area contributed by atoms with Gasteiger partial charge in [-0.25, -0.2) is 18.4 Å². The molecule has 1 amide bonds. The van der Waals surface area contributed by atoms with Crippen LogP contribution in [0, 0.1) is 0 Å². The lowest BCUT2D eigenvalue weighted by atomic mass is 10.2. The molecule has 0 fully saturated rings. The lowest BCUT2D eigenvalue weighted by Gasteiger charge is -2.25. The van der Waals surface area contributed by atoms with Crippen molar-refractivity contribution in [2.45, 2.75) is 4.90 Å². The third-order valence-electron chi connectivity index (χ3n) is 6.07. The number of rotatable bonds is 13. The summed E-state index contributed by atoms with van der Waals surface area (Å²) in [5, 5.41) is 3.14. The van der Waals surface area contributed by atoms with Gasteiger partial charge in [0.2, 0.25) is 5.91 Å². The lowest BCUT2D eigenvalue weighted by Crippen LogP contribution is -2.38. The molecule has 4 aromatic rings. The van der Waals surface area contributed by atoms with Crippen molar-refractivity contribution in [2.75, 3.05) is 62.9 Å². The molecule has 0 aliphatic rings. The molecule has 12 nitrogen and oxygen atoms in total. The molecule has 0 saturated heterocycles. The number of nitrogens with zero attached hydrogens (tertiary/aromatic N) is 4. The quantitative estimate of drug-likeness (QED) is 0.215. The predicted octanol–water partition coefficient (Wildman–Crippen LogP) is 3.04. The number of aromatic nitrogens is 2. The second-order valence-corrected chi connectivity index (χ2v) is 11.1. The molecule has 0 aliphatic heterocycles. The molecule has 4 rings (SSSR count). The standard InChI is InChI=1S/C28H33N7O5S/c1-34(2)12-13-35(18-26(29)36)20-8-7-9-23(16-20)41(37,38)33-28-27(31-24-10-5-6-11-25(24)32-28)30-19-14-21(39-3)17-22(15-19)40-4/h5-11,14-17H,12-13,18H2,1-4H3,(H2,29,36)(H,30,31)(H,32,33). The van der Waals surface area contributed by atoms with E-state index in [-0.39, 0.29) is 23.1 Å². The van der Waals surface area contributed by atoms with Crippen LogP contribution in [-0.4, -0.2) is 77.1 Å². The number of fused-ring (bicyclic) bond motifs is 1. The number of primary amides is 1. The molecule has 41 heavy (non-hydrogen) atoms. The summed E-state index contributed by atoms with van der Waals surface area (Å²) in [6.07, 6.45) is 0. The summed E-state index contributed by atoms with van der Waals surface area (Å²) in [7, 11) is 2.75. The molecule has 216 valence electrons. The Labute approximate surface area is 239 Å². The van der Waals surface area contributed by atoms with Gasteiger partial charge in [-0.1, -0.05) is 18.2 Å². The zero-order valence-electron chi connectivity index (χ0n) is 23.3. The second-order valence-electron chi connectivity index (χ2n) is 9.43. The highest BCUT2D eigenvalue weighted by Gasteiger charge is 2.21. The van der Waals surface area contributed by atoms with Crippen LogP contribution in [0.4, 0.5) is 23.0 Å². The van der Waals surface area contributed by atoms with Crippen LogP contribution in [0.15, 0.2) is 71.6 Å². The number of benzene rings is 3. The van der Waals surface area contributed by atoms with Crippen molar-refractivity contribution in [3.63, 3.8) is 0 Å². The predicted molar refractivity (Wildman–Crippen MR) is 160 cm³/mol. The van der Waals surface area contributed by atoms with Gasteiger partial charge in [0.15, 0.2) is 11.6 Å². The zero-order valence-corrected chi connectivity index (χ0v) is 24.1. The fourth-order valence-corrected chi connectivity index (χ4v) is 5.06. The third kappa shape index (κ3) is 7.52. The van der Waals surface area contributed by atoms with Crippen LogP contribution >= 0.6 is 0 Å². The topological polar surface area (TPSA) is 152 Å². The number of methoxy groups -OCH3 is 2. The van der Waals surface area contributed by atoms with Gasteiger partial charge in [-0.15, -0.1) is 0 Å². The summed E-state index contributed by atoms with van der Waals surface area (Å²) in [4.78, 5) is 24.6. The summed E-state index contributed by atoms with van der Waals surface area (Å²) in [5.41, 5.74) is 7.63. The van der Waals surface area contributed by atoms with Gasteiger partial charge < -0.3 is 30.3 Å². The molecular formula is C28H33N7O5S. The van der Waals surface area contributed by atoms with E-state index in [1.54, 1.807) is 53.4 Å². The van der Waals surface area contributed by atoms with Crippen LogP contribution in [-0.2, 0) is 14.8 Å². The van der Waals surface area contributed by atoms with Gasteiger partial charge in [-0.2, -0.15) is 0 Å². The minimum atomic E-state index is -4.13. The first-order valence-electron chi connectivity index (χ1n) is 12.7. The van der Waals surface area contributed by atoms with E-state index in [0.29, 0.717) is 47.0 Å². The average molecular weight is 580 g/mol. The number of para-hydroxylation sites is 2. The van der Waals surface area contributed by atoms with Crippen molar-refractivity contribution in [3.8, 4) is 11.5 Å². The summed E-state index contributed by atoms with van der Waals surface area (Å²) < 4.78 is 40.6. The highest BCUT2D eigenvalue weighted by Crippen LogP contribution is 2.32. The lowest BCUT2D eigenvalue weighted by molar-refractivity contribution is -0.116. The fraction of sp³-hybridized carbons (Fsp3) is 0.250. The summed E-state index contributed by atoms with van der Waals surface area (Å²) >= 11 is 0. The fourth-order valence-electron chi connectivity index (χ4n) is 4.02. The van der Waals surface area contributed by atoms with Gasteiger partial charge in [0.1, 0.15) is 11.5 Å². The van der Waals surface area contributed by atoms with Gasteiger partial charge in [0.05, 0.1) is 36.7 Å². The first-order valence-corrected chi connectivity index (χ1v) is 14.1. The molecule has 0 atom stereocenters. The number of carbonyl (C=O) groups is 1. The molecule has 1 heterocycles. The number of ether oxygens (including phenoxy) is 2. The van der Waals surface area contributed by atoms with Gasteiger partial charge in [-0.3, -0.25) is 9.52 Å². The zero-order chi connectivity index (χ0) is 29.6. The van der Waals surface area contributed by atoms with E-state index in [0.717, 1.165) is 0 Å². The maximum Gasteiger partial charge on any atom is 0.263 e. The molecule has 0 aliphatic carbocycles. The summed E-state index contributed by atoms with van der Waals surface area (Å²) in [6.45, 7) is 1.05. The Morgan fingerprint density at radius 3 is 2.10 bits per heavy atom. The number of hydrogen-bond acceptors (Lipinski definition) is 10. The molecule has 0 unspecified atom stereocenters. The Morgan fingerprint density at radius 1 is 0.878 bits per heavy atom. The Balaban J connectivity index is 1.71. The van der Waals surface area contributed by atoms with Gasteiger partial charge in [0, 0.05) is 42.7 Å². The SMILES string of the molecule is COc1cc(Nc2nc3ccccc3nc2NS(=O)(=O)c2cccc(N(CCN(C)C)CC(N)=O)c2)cc(OC)c1. The number of carbonyl (C=O) groups excluding carboxylic acids is 1. The summed E-state index contributed by atoms with van der Waals surface area (Å²) in [6, 6.07) is 18.6. The van der Waals surface area contributed by atoms with Crippen LogP contribution in [0.5, 0.6) is 11.5 Å². The molecule has 13 heteroatoms. The highest BCUT2D eigenvalue weighted by molar-refractivity contribution is 7.92. The van der Waals surface area contributed by atoms with E-state index in [1.807, 2.05) is 25.1 Å². The largest absolute Gasteiger partial charge is 0.497 e. The number of nitrogens with one attached hydrogen (secondary N) is 2. The van der Waals surface area contributed by atoms with E-state index in [2.05, 4.69) is 20.0 Å². The number of anilines is 4. The Kier molecular flexibility index (Phi) is 9.10. The van der Waals surface area contributed by atoms with E-state index < -0.39 is 15.9 Å². The van der Waals surface area contributed by atoms with Crippen molar-refractivity contribution < 1.29 is 22.7 Å². The second kappa shape index (κ2) is 12.7. The minimum absolute atomic E-state index is 0.00232. The van der Waals surface area contributed by atoms with Crippen molar-refractivity contribution in [1.29, 1.82) is 0 Å². The van der Waals surface area contributed by atoms with Crippen LogP contribution in [0.2, 0.25) is 0 Å². The molecule has 0 radical (unpaired) electrons. The molecule has 0 spiro atoms. The van der Waals surface area contributed by atoms with E-state index in [9.17, 15) is 13.2 Å². The van der Waals surface area contributed by atoms with Gasteiger partial charge >= 0.3 is 0 Å². The van der Waals surface area contributed by atoms with Crippen molar-refractivity contribution in [2.24, 2.45) is 5.73 Å². The highest BCUT2D eigenvalue weighted by atomic mass is 32.2. The number of likely N-dealkylation sites (N-methyl/N-ethyl adjacent to an activating group) is 1. The Hall–Kier alpha value is -4.62. The Bertz CT molecular complexity index is 1620. The smallest absolute Gasteiger partial charge is 0.263 e. The molecule has 0 bridgehead atoms. The number of sulfonamides is 1. The van der Waals surface area contributed by atoms with E-state index in [1.165, 1.54) is 26.4 Å². The molecule has 4 N–H and O–H groups in total. The minimum Gasteiger partial charge on any atom is -0.497 e. The molecule has 0 saturated carbocycles. The maximum absolute atomic E-state index is 13.6. The maximum atomic E-state index is 13.6. The number of nitrogens with two attached hydrogens (primary N) is 1. The Morgan fingerprint density at radius 2 is 1.51 bits per heavy atom. The van der Waals surface area contributed by atoms with Crippen LogP contribution in [0.1, 0.15) is 0 Å². The van der Waals surface area contributed by atoms with Crippen molar-refractivity contribution in [1.82, 2.24) is 14.9 Å². The van der Waals surface area contributed by atoms with Crippen LogP contribution < -0.4 is 30.1 Å². The van der Waals surface area contributed by atoms with Crippen LogP contribution in [0.3, 0.4) is 0 Å². The van der Waals surface area contributed by atoms with Gasteiger partial charge in [0.25, 0.3) is 10.0 Å². The molecule has 1 aromatic heterocycles. The van der Waals surface area contributed by atoms with E-state index >= 15 is 0 Å². The first-order chi connectivity index (χ1) is 19.6. The van der Waals surface area contributed by atoms with Gasteiger partial charge in [-0.05, 0) is 44.4 Å². The number of amides is 1. The number of hydrogen-bond donors (Lipinski definition) is 3. The van der Waals surface area contributed by atoms with Crippen LogP contribution in [0.25, 0.3) is 11.0 Å². The molecular weight excluding hydrogens is 546 g/mol. The molecule has 3 aromatic carbocycles. The van der Waals surface area contributed by atoms with Crippen molar-refractivity contribution >= 4 is 50.0 Å². The van der Waals surface area contributed by atoms with E-state index in [4.69, 9.17) is 15.2 Å². The third-order valence-corrected chi connectivity index (χ3v) is 7.41. The van der Waals surface area contributed by atoms with Crippen molar-refractivity contribution in [3.05, 3.63) is 66.7 Å². The average Bonchev–Trinajstić information content (AvgIpc) is 2.95. The first kappa shape index (κ1) is 29.4. The summed E-state index contributed by atoms with van der Waals surface area (Å²) in [5.74, 6) is 0.729.